The smallest absolute Gasteiger partial charge is 0.346 e. The topological polar surface area (TPSA) is 4.93 Å². The number of alkyl halides is 3. The zero-order valence-corrected chi connectivity index (χ0v) is 6.54. The molecule has 1 heterocycles. The summed E-state index contributed by atoms with van der Waals surface area (Å²) in [6.45, 7) is 0. The molecule has 0 aliphatic heterocycles. The van der Waals surface area contributed by atoms with Crippen LogP contribution in [0, 0.1) is 0 Å². The van der Waals surface area contributed by atoms with Crippen LogP contribution in [0.2, 0.25) is 0 Å². The second kappa shape index (κ2) is 2.81. The second-order valence-corrected chi connectivity index (χ2v) is 3.09. The van der Waals surface area contributed by atoms with E-state index >= 15 is 0 Å². The molecular weight excluding hydrogens is 175 g/mol. The van der Waals surface area contributed by atoms with E-state index in [1.165, 1.54) is 10.6 Å². The summed E-state index contributed by atoms with van der Waals surface area (Å²) < 4.78 is 36.7. The number of rotatable bonds is 1. The molecule has 0 radical (unpaired) electrons. The number of hydrogen-bond donors (Lipinski definition) is 0. The fourth-order valence-electron chi connectivity index (χ4n) is 0.670. The van der Waals surface area contributed by atoms with Gasteiger partial charge in [-0.15, -0.1) is 0 Å². The molecule has 0 atom stereocenters. The van der Waals surface area contributed by atoms with Gasteiger partial charge in [0, 0.05) is 25.0 Å². The SMILES string of the molecule is Cn1cccc1SC(F)(F)F. The Kier molecular flexibility index (Phi) is 2.17. The number of aryl methyl sites for hydroxylation is 1. The first-order valence-electron chi connectivity index (χ1n) is 2.86. The molecule has 0 aliphatic carbocycles. The number of thioether (sulfide) groups is 1. The summed E-state index contributed by atoms with van der Waals surface area (Å²) in [4.78, 5) is 0. The van der Waals surface area contributed by atoms with Crippen LogP contribution < -0.4 is 0 Å². The Morgan fingerprint density at radius 1 is 1.45 bits per heavy atom. The maximum Gasteiger partial charge on any atom is 0.447 e. The molecule has 1 nitrogen and oxygen atoms in total. The molecule has 62 valence electrons. The molecule has 0 bridgehead atoms. The van der Waals surface area contributed by atoms with E-state index in [0.717, 1.165) is 0 Å². The summed E-state index contributed by atoms with van der Waals surface area (Å²) in [5.41, 5.74) is -4.19. The van der Waals surface area contributed by atoms with Crippen molar-refractivity contribution in [2.75, 3.05) is 0 Å². The minimum atomic E-state index is -4.19. The van der Waals surface area contributed by atoms with Crippen LogP contribution in [0.25, 0.3) is 0 Å². The lowest BCUT2D eigenvalue weighted by Crippen LogP contribution is -2.01. The number of aromatic nitrogens is 1. The number of hydrogen-bond acceptors (Lipinski definition) is 1. The molecule has 1 aromatic rings. The zero-order chi connectivity index (χ0) is 8.48. The Morgan fingerprint density at radius 2 is 2.09 bits per heavy atom. The van der Waals surface area contributed by atoms with Crippen LogP contribution >= 0.6 is 11.8 Å². The number of halogens is 3. The molecule has 0 spiro atoms. The van der Waals surface area contributed by atoms with Gasteiger partial charge in [0.2, 0.25) is 0 Å². The van der Waals surface area contributed by atoms with Crippen LogP contribution in [0.5, 0.6) is 0 Å². The average molecular weight is 181 g/mol. The molecule has 0 saturated carbocycles. The highest BCUT2D eigenvalue weighted by Gasteiger charge is 2.30. The lowest BCUT2D eigenvalue weighted by molar-refractivity contribution is -0.0330. The van der Waals surface area contributed by atoms with Crippen molar-refractivity contribution >= 4 is 11.8 Å². The first-order chi connectivity index (χ1) is 4.99. The third-order valence-electron chi connectivity index (χ3n) is 1.12. The van der Waals surface area contributed by atoms with Gasteiger partial charge >= 0.3 is 5.51 Å². The maximum atomic E-state index is 11.7. The highest BCUT2D eigenvalue weighted by atomic mass is 32.2. The van der Waals surface area contributed by atoms with Crippen molar-refractivity contribution in [3.63, 3.8) is 0 Å². The maximum absolute atomic E-state index is 11.7. The van der Waals surface area contributed by atoms with Gasteiger partial charge < -0.3 is 4.57 Å². The molecule has 0 fully saturated rings. The van der Waals surface area contributed by atoms with Crippen LogP contribution in [0.1, 0.15) is 0 Å². The van der Waals surface area contributed by atoms with E-state index in [-0.39, 0.29) is 16.8 Å². The van der Waals surface area contributed by atoms with Gasteiger partial charge in [-0.05, 0) is 12.1 Å². The predicted octanol–water partition coefficient (Wildman–Crippen LogP) is 2.64. The Hall–Kier alpha value is -0.580. The molecular formula is C6H6F3NS. The predicted molar refractivity (Wildman–Crippen MR) is 37.3 cm³/mol. The lowest BCUT2D eigenvalue weighted by atomic mass is 10.7. The zero-order valence-electron chi connectivity index (χ0n) is 5.72. The van der Waals surface area contributed by atoms with Gasteiger partial charge in [0.1, 0.15) is 0 Å². The minimum Gasteiger partial charge on any atom is -0.346 e. The Morgan fingerprint density at radius 3 is 2.45 bits per heavy atom. The van der Waals surface area contributed by atoms with Crippen molar-refractivity contribution in [1.82, 2.24) is 4.57 Å². The van der Waals surface area contributed by atoms with Gasteiger partial charge in [0.05, 0.1) is 5.03 Å². The Balaban J connectivity index is 2.72. The fourth-order valence-corrected chi connectivity index (χ4v) is 1.26. The number of nitrogens with zero attached hydrogens (tertiary/aromatic N) is 1. The third-order valence-corrected chi connectivity index (χ3v) is 1.98. The van der Waals surface area contributed by atoms with Crippen molar-refractivity contribution in [2.45, 2.75) is 10.5 Å². The summed E-state index contributed by atoms with van der Waals surface area (Å²) in [7, 11) is 1.58. The Labute approximate surface area is 66.2 Å². The minimum absolute atomic E-state index is 0.103. The highest BCUT2D eigenvalue weighted by Crippen LogP contribution is 2.36. The van der Waals surface area contributed by atoms with E-state index < -0.39 is 5.51 Å². The fraction of sp³-hybridized carbons (Fsp3) is 0.333. The molecule has 0 saturated heterocycles. The molecule has 0 N–H and O–H groups in total. The first-order valence-corrected chi connectivity index (χ1v) is 3.68. The van der Waals surface area contributed by atoms with E-state index in [2.05, 4.69) is 0 Å². The summed E-state index contributed by atoms with van der Waals surface area (Å²) in [5.74, 6) is 0. The quantitative estimate of drug-likeness (QED) is 0.603. The molecule has 11 heavy (non-hydrogen) atoms. The molecule has 0 amide bonds. The van der Waals surface area contributed by atoms with E-state index in [1.54, 1.807) is 19.3 Å². The molecule has 0 aliphatic rings. The van der Waals surface area contributed by atoms with Gasteiger partial charge in [0.25, 0.3) is 0 Å². The van der Waals surface area contributed by atoms with E-state index in [4.69, 9.17) is 0 Å². The first kappa shape index (κ1) is 8.52. The molecule has 0 unspecified atom stereocenters. The summed E-state index contributed by atoms with van der Waals surface area (Å²) >= 11 is -0.103. The molecule has 1 rings (SSSR count). The van der Waals surface area contributed by atoms with Crippen LogP contribution in [-0.4, -0.2) is 10.1 Å². The van der Waals surface area contributed by atoms with E-state index in [1.807, 2.05) is 0 Å². The van der Waals surface area contributed by atoms with Crippen LogP contribution in [-0.2, 0) is 7.05 Å². The summed E-state index contributed by atoms with van der Waals surface area (Å²) in [5, 5.41) is 0.206. The highest BCUT2D eigenvalue weighted by molar-refractivity contribution is 8.00. The molecule has 1 aromatic heterocycles. The van der Waals surface area contributed by atoms with Gasteiger partial charge in [0.15, 0.2) is 0 Å². The molecule has 0 aromatic carbocycles. The van der Waals surface area contributed by atoms with Gasteiger partial charge in [-0.1, -0.05) is 0 Å². The van der Waals surface area contributed by atoms with E-state index in [0.29, 0.717) is 0 Å². The normalized spacial score (nSPS) is 12.0. The van der Waals surface area contributed by atoms with E-state index in [9.17, 15) is 13.2 Å². The second-order valence-electron chi connectivity index (χ2n) is 2.01. The molecule has 5 heteroatoms. The van der Waals surface area contributed by atoms with Crippen LogP contribution in [0.4, 0.5) is 13.2 Å². The monoisotopic (exact) mass is 181 g/mol. The van der Waals surface area contributed by atoms with Crippen molar-refractivity contribution in [3.8, 4) is 0 Å². The lowest BCUT2D eigenvalue weighted by Gasteiger charge is -2.05. The largest absolute Gasteiger partial charge is 0.447 e. The van der Waals surface area contributed by atoms with Gasteiger partial charge in [-0.25, -0.2) is 0 Å². The van der Waals surface area contributed by atoms with Crippen molar-refractivity contribution in [1.29, 1.82) is 0 Å². The van der Waals surface area contributed by atoms with Crippen molar-refractivity contribution in [2.24, 2.45) is 7.05 Å². The Bertz CT molecular complexity index is 240. The average Bonchev–Trinajstić information content (AvgIpc) is 2.12. The standard InChI is InChI=1S/C6H6F3NS/c1-10-4-2-3-5(10)11-6(7,8)9/h2-4H,1H3. The van der Waals surface area contributed by atoms with Crippen LogP contribution in [0.15, 0.2) is 23.4 Å². The summed E-state index contributed by atoms with van der Waals surface area (Å²) in [6.07, 6.45) is 1.58. The summed E-state index contributed by atoms with van der Waals surface area (Å²) in [6, 6.07) is 3.01. The van der Waals surface area contributed by atoms with Gasteiger partial charge in [-0.2, -0.15) is 13.2 Å². The van der Waals surface area contributed by atoms with Crippen molar-refractivity contribution in [3.05, 3.63) is 18.3 Å². The van der Waals surface area contributed by atoms with Gasteiger partial charge in [-0.3, -0.25) is 0 Å². The van der Waals surface area contributed by atoms with Crippen LogP contribution in [0.3, 0.4) is 0 Å². The third kappa shape index (κ3) is 2.49. The van der Waals surface area contributed by atoms with Crippen molar-refractivity contribution < 1.29 is 13.2 Å².